The van der Waals surface area contributed by atoms with E-state index in [0.29, 0.717) is 47.7 Å². The van der Waals surface area contributed by atoms with E-state index in [-0.39, 0.29) is 23.6 Å². The summed E-state index contributed by atoms with van der Waals surface area (Å²) in [5.41, 5.74) is 1.61. The largest absolute Gasteiger partial charge is 0.463 e. The third-order valence-electron chi connectivity index (χ3n) is 5.79. The van der Waals surface area contributed by atoms with Gasteiger partial charge in [-0.15, -0.1) is 0 Å². The van der Waals surface area contributed by atoms with E-state index >= 15 is 0 Å². The Morgan fingerprint density at radius 1 is 1.16 bits per heavy atom. The second-order valence-electron chi connectivity index (χ2n) is 8.18. The second kappa shape index (κ2) is 10.1. The summed E-state index contributed by atoms with van der Waals surface area (Å²) in [5.74, 6) is -0.120. The molecule has 0 radical (unpaired) electrons. The van der Waals surface area contributed by atoms with Crippen molar-refractivity contribution in [3.63, 3.8) is 0 Å². The van der Waals surface area contributed by atoms with Crippen molar-refractivity contribution in [2.75, 3.05) is 6.61 Å². The number of halogens is 3. The van der Waals surface area contributed by atoms with Crippen LogP contribution in [-0.2, 0) is 9.53 Å². The van der Waals surface area contributed by atoms with Crippen molar-refractivity contribution in [2.24, 2.45) is 4.99 Å². The van der Waals surface area contributed by atoms with Crippen molar-refractivity contribution >= 4 is 46.6 Å². The monoisotopic (exact) mass is 556 g/mol. The maximum absolute atomic E-state index is 13.6. The van der Waals surface area contributed by atoms with Gasteiger partial charge in [0.2, 0.25) is 0 Å². The van der Waals surface area contributed by atoms with Gasteiger partial charge in [-0.1, -0.05) is 46.7 Å². The Morgan fingerprint density at radius 3 is 2.62 bits per heavy atom. The molecule has 0 bridgehead atoms. The van der Waals surface area contributed by atoms with Crippen LogP contribution in [0.2, 0.25) is 10.0 Å². The van der Waals surface area contributed by atoms with E-state index in [9.17, 15) is 14.0 Å². The zero-order valence-electron chi connectivity index (χ0n) is 19.6. The lowest BCUT2D eigenvalue weighted by molar-refractivity contribution is -0.139. The number of hydrogen-bond donors (Lipinski definition) is 0. The van der Waals surface area contributed by atoms with Crippen LogP contribution >= 0.6 is 34.5 Å². The Labute approximate surface area is 224 Å². The molecule has 1 atom stereocenters. The lowest BCUT2D eigenvalue weighted by Gasteiger charge is -2.22. The molecule has 4 aromatic rings. The molecule has 10 heteroatoms. The zero-order valence-corrected chi connectivity index (χ0v) is 22.0. The van der Waals surface area contributed by atoms with Gasteiger partial charge in [-0.3, -0.25) is 9.36 Å². The molecule has 0 fully saturated rings. The first-order chi connectivity index (χ1) is 17.8. The number of thiazole rings is 1. The molecule has 0 saturated heterocycles. The third kappa shape index (κ3) is 4.80. The van der Waals surface area contributed by atoms with E-state index in [4.69, 9.17) is 32.4 Å². The van der Waals surface area contributed by atoms with Crippen LogP contribution in [0.3, 0.4) is 0 Å². The van der Waals surface area contributed by atoms with Crippen LogP contribution in [0.5, 0.6) is 0 Å². The first kappa shape index (κ1) is 25.2. The van der Waals surface area contributed by atoms with Gasteiger partial charge in [-0.2, -0.15) is 0 Å². The average molecular weight is 557 g/mol. The molecule has 0 aliphatic carbocycles. The number of esters is 1. The quantitative estimate of drug-likeness (QED) is 0.304. The van der Waals surface area contributed by atoms with Gasteiger partial charge in [0.15, 0.2) is 4.80 Å². The Balaban J connectivity index is 1.68. The summed E-state index contributed by atoms with van der Waals surface area (Å²) in [5, 5.41) is 0.780. The van der Waals surface area contributed by atoms with Crippen LogP contribution in [0.25, 0.3) is 17.4 Å². The van der Waals surface area contributed by atoms with Crippen molar-refractivity contribution in [3.8, 4) is 11.3 Å². The van der Waals surface area contributed by atoms with Gasteiger partial charge in [0.05, 0.1) is 32.5 Å². The van der Waals surface area contributed by atoms with E-state index in [0.717, 1.165) is 0 Å². The standard InChI is InChI=1S/C27H19Cl2FN2O4S/c1-3-35-26(34)23-14(2)31-27-32(25(33)22(37-27)12-15-4-7-17(30)8-5-15)24(23)21-11-10-20(36-21)16-6-9-18(28)19(29)13-16/h4-13,24H,3H2,1-2H3/b22-12-/t24-/m0/s1. The molecular formula is C27H19Cl2FN2O4S. The average Bonchev–Trinajstić information content (AvgIpc) is 3.47. The molecule has 5 rings (SSSR count). The van der Waals surface area contributed by atoms with Gasteiger partial charge in [-0.05, 0) is 68.0 Å². The molecule has 0 spiro atoms. The van der Waals surface area contributed by atoms with Crippen LogP contribution < -0.4 is 14.9 Å². The number of furan rings is 1. The van der Waals surface area contributed by atoms with Gasteiger partial charge in [0, 0.05) is 5.56 Å². The smallest absolute Gasteiger partial charge is 0.338 e. The number of benzene rings is 2. The Bertz CT molecular complexity index is 1730. The summed E-state index contributed by atoms with van der Waals surface area (Å²) in [4.78, 5) is 31.6. The second-order valence-corrected chi connectivity index (χ2v) is 10.0. The van der Waals surface area contributed by atoms with Crippen molar-refractivity contribution < 1.29 is 18.3 Å². The number of aromatic nitrogens is 1. The lowest BCUT2D eigenvalue weighted by atomic mass is 10.0. The van der Waals surface area contributed by atoms with Gasteiger partial charge in [0.25, 0.3) is 5.56 Å². The molecule has 3 heterocycles. The molecule has 2 aromatic heterocycles. The number of carbonyl (C=O) groups is 1. The highest BCUT2D eigenvalue weighted by molar-refractivity contribution is 7.07. The molecule has 0 unspecified atom stereocenters. The minimum absolute atomic E-state index is 0.157. The summed E-state index contributed by atoms with van der Waals surface area (Å²) in [6, 6.07) is 13.4. The van der Waals surface area contributed by atoms with E-state index < -0.39 is 12.0 Å². The first-order valence-electron chi connectivity index (χ1n) is 11.3. The van der Waals surface area contributed by atoms with Gasteiger partial charge >= 0.3 is 5.97 Å². The summed E-state index contributed by atoms with van der Waals surface area (Å²) in [6.45, 7) is 3.55. The fourth-order valence-corrected chi connectivity index (χ4v) is 5.42. The Hall–Kier alpha value is -3.46. The summed E-state index contributed by atoms with van der Waals surface area (Å²) in [7, 11) is 0. The molecule has 0 amide bonds. The Kier molecular flexibility index (Phi) is 6.90. The minimum atomic E-state index is -0.901. The van der Waals surface area contributed by atoms with Crippen LogP contribution in [0.15, 0.2) is 80.1 Å². The highest BCUT2D eigenvalue weighted by Crippen LogP contribution is 2.35. The van der Waals surface area contributed by atoms with Gasteiger partial charge < -0.3 is 9.15 Å². The first-order valence-corrected chi connectivity index (χ1v) is 12.8. The summed E-state index contributed by atoms with van der Waals surface area (Å²) >= 11 is 13.4. The van der Waals surface area contributed by atoms with E-state index in [1.165, 1.54) is 28.0 Å². The predicted octanol–water partition coefficient (Wildman–Crippen LogP) is 5.50. The van der Waals surface area contributed by atoms with Crippen molar-refractivity contribution in [3.05, 3.63) is 113 Å². The molecule has 2 aromatic carbocycles. The van der Waals surface area contributed by atoms with Crippen molar-refractivity contribution in [1.29, 1.82) is 0 Å². The number of hydrogen-bond acceptors (Lipinski definition) is 6. The maximum atomic E-state index is 13.6. The fourth-order valence-electron chi connectivity index (χ4n) is 4.08. The minimum Gasteiger partial charge on any atom is -0.463 e. The number of fused-ring (bicyclic) bond motifs is 1. The van der Waals surface area contributed by atoms with E-state index in [1.54, 1.807) is 62.4 Å². The predicted molar refractivity (Wildman–Crippen MR) is 141 cm³/mol. The number of rotatable bonds is 5. The summed E-state index contributed by atoms with van der Waals surface area (Å²) < 4.78 is 26.6. The highest BCUT2D eigenvalue weighted by atomic mass is 35.5. The number of ether oxygens (including phenoxy) is 1. The molecule has 37 heavy (non-hydrogen) atoms. The fraction of sp³-hybridized carbons (Fsp3) is 0.148. The topological polar surface area (TPSA) is 73.8 Å². The van der Waals surface area contributed by atoms with Crippen LogP contribution in [0, 0.1) is 5.82 Å². The molecule has 6 nitrogen and oxygen atoms in total. The Morgan fingerprint density at radius 2 is 1.92 bits per heavy atom. The van der Waals surface area contributed by atoms with E-state index in [1.807, 2.05) is 0 Å². The van der Waals surface area contributed by atoms with Crippen molar-refractivity contribution in [2.45, 2.75) is 19.9 Å². The molecule has 0 N–H and O–H groups in total. The molecule has 0 saturated carbocycles. The molecule has 1 aliphatic heterocycles. The van der Waals surface area contributed by atoms with Crippen LogP contribution in [0.1, 0.15) is 31.2 Å². The summed E-state index contributed by atoms with van der Waals surface area (Å²) in [6.07, 6.45) is 1.66. The normalized spacial score (nSPS) is 15.5. The third-order valence-corrected chi connectivity index (χ3v) is 7.51. The van der Waals surface area contributed by atoms with Gasteiger partial charge in [-0.25, -0.2) is 14.2 Å². The molecule has 188 valence electrons. The number of allylic oxidation sites excluding steroid dienone is 1. The SMILES string of the molecule is CCOC(=O)C1=C(C)N=c2s/c(=C\c3ccc(F)cc3)c(=O)n2[C@H]1c1ccc(-c2ccc(Cl)c(Cl)c2)o1. The van der Waals surface area contributed by atoms with E-state index in [2.05, 4.69) is 4.99 Å². The zero-order chi connectivity index (χ0) is 26.3. The number of nitrogens with zero attached hydrogens (tertiary/aromatic N) is 2. The number of carbonyl (C=O) groups excluding carboxylic acids is 1. The molecular weight excluding hydrogens is 538 g/mol. The lowest BCUT2D eigenvalue weighted by Crippen LogP contribution is -2.39. The maximum Gasteiger partial charge on any atom is 0.338 e. The van der Waals surface area contributed by atoms with Crippen molar-refractivity contribution in [1.82, 2.24) is 4.57 Å². The highest BCUT2D eigenvalue weighted by Gasteiger charge is 2.35. The van der Waals surface area contributed by atoms with Crippen LogP contribution in [-0.4, -0.2) is 17.1 Å². The molecule has 1 aliphatic rings. The van der Waals surface area contributed by atoms with Crippen LogP contribution in [0.4, 0.5) is 4.39 Å². The van der Waals surface area contributed by atoms with Gasteiger partial charge in [0.1, 0.15) is 23.4 Å².